The number of benzene rings is 1. The van der Waals surface area contributed by atoms with Crippen molar-refractivity contribution in [3.05, 3.63) is 34.4 Å². The quantitative estimate of drug-likeness (QED) is 0.617. The van der Waals surface area contributed by atoms with E-state index in [1.165, 1.54) is 0 Å². The Morgan fingerprint density at radius 2 is 1.63 bits per heavy atom. The number of nitrogens with zero attached hydrogens (tertiary/aromatic N) is 2. The molecule has 0 radical (unpaired) electrons. The van der Waals surface area contributed by atoms with Gasteiger partial charge in [0.05, 0.1) is 11.3 Å². The molecule has 2 aromatic rings. The van der Waals surface area contributed by atoms with E-state index in [1.54, 1.807) is 6.07 Å². The molecule has 0 aliphatic carbocycles. The topological polar surface area (TPSA) is 78.5 Å². The summed E-state index contributed by atoms with van der Waals surface area (Å²) >= 11 is 0. The van der Waals surface area contributed by atoms with Crippen LogP contribution in [0.2, 0.25) is 0 Å². The molecule has 0 fully saturated rings. The second-order valence-electron chi connectivity index (χ2n) is 3.73. The highest BCUT2D eigenvalue weighted by molar-refractivity contribution is 5.73. The van der Waals surface area contributed by atoms with Crippen LogP contribution in [0.5, 0.6) is 0 Å². The molecule has 0 saturated heterocycles. The summed E-state index contributed by atoms with van der Waals surface area (Å²) < 4.78 is 54.3. The average molecular weight is 270 g/mol. The molecule has 19 heavy (non-hydrogen) atoms. The number of nitrogens with two attached hydrogens (primary N) is 1. The lowest BCUT2D eigenvalue weighted by Gasteiger charge is -2.08. The molecule has 1 heterocycles. The summed E-state index contributed by atoms with van der Waals surface area (Å²) in [5, 5.41) is 14.3. The van der Waals surface area contributed by atoms with Crippen LogP contribution in [0.25, 0.3) is 11.3 Å². The van der Waals surface area contributed by atoms with Gasteiger partial charge in [-0.05, 0) is 6.92 Å². The van der Waals surface area contributed by atoms with E-state index in [-0.39, 0.29) is 11.4 Å². The van der Waals surface area contributed by atoms with Crippen LogP contribution < -0.4 is 5.73 Å². The molecule has 0 unspecified atom stereocenters. The summed E-state index contributed by atoms with van der Waals surface area (Å²) in [5.41, 5.74) is 2.58. The fraction of sp³-hybridized carbons (Fsp3) is 0.0909. The van der Waals surface area contributed by atoms with E-state index in [4.69, 9.17) is 11.0 Å². The van der Waals surface area contributed by atoms with Gasteiger partial charge in [0.25, 0.3) is 0 Å². The molecule has 0 atom stereocenters. The molecule has 8 heteroatoms. The molecule has 3 N–H and O–H groups in total. The van der Waals surface area contributed by atoms with E-state index in [2.05, 4.69) is 10.2 Å². The highest BCUT2D eigenvalue weighted by atomic mass is 19.2. The van der Waals surface area contributed by atoms with Crippen LogP contribution in [-0.4, -0.2) is 10.2 Å². The zero-order chi connectivity index (χ0) is 14.3. The van der Waals surface area contributed by atoms with Crippen molar-refractivity contribution < 1.29 is 17.6 Å². The van der Waals surface area contributed by atoms with Crippen molar-refractivity contribution in [3.8, 4) is 17.3 Å². The minimum atomic E-state index is -1.61. The number of rotatable bonds is 1. The summed E-state index contributed by atoms with van der Waals surface area (Å²) in [7, 11) is 0. The number of hydrogen-bond acceptors (Lipinski definition) is 3. The summed E-state index contributed by atoms with van der Waals surface area (Å²) in [5.74, 6) is -6.62. The van der Waals surface area contributed by atoms with E-state index >= 15 is 0 Å². The van der Waals surface area contributed by atoms with Gasteiger partial charge in [0.15, 0.2) is 29.1 Å². The van der Waals surface area contributed by atoms with Gasteiger partial charge in [-0.1, -0.05) is 0 Å². The number of H-pyrrole nitrogens is 1. The van der Waals surface area contributed by atoms with Crippen LogP contribution >= 0.6 is 0 Å². The maximum Gasteiger partial charge on any atom is 0.171 e. The standard InChI is InChI=1S/C11H6F4N4/c1-3-6(12)8(14)5(9(15)7(3)13)10-4(2-16)11(17)19-18-10/h1H3,(H3,17,18,19). The molecular weight excluding hydrogens is 264 g/mol. The Morgan fingerprint density at radius 3 is 2.11 bits per heavy atom. The van der Waals surface area contributed by atoms with E-state index in [9.17, 15) is 17.6 Å². The molecule has 0 amide bonds. The maximum atomic E-state index is 13.7. The zero-order valence-electron chi connectivity index (χ0n) is 9.48. The second kappa shape index (κ2) is 4.28. The average Bonchev–Trinajstić information content (AvgIpc) is 2.75. The Kier molecular flexibility index (Phi) is 2.90. The molecule has 0 saturated carbocycles. The Hall–Kier alpha value is -2.56. The van der Waals surface area contributed by atoms with Gasteiger partial charge < -0.3 is 5.73 Å². The van der Waals surface area contributed by atoms with E-state index < -0.39 is 40.1 Å². The van der Waals surface area contributed by atoms with Gasteiger partial charge in [-0.2, -0.15) is 10.4 Å². The predicted octanol–water partition coefficient (Wildman–Crippen LogP) is 2.40. The Bertz CT molecular complexity index is 685. The highest BCUT2D eigenvalue weighted by Crippen LogP contribution is 2.33. The van der Waals surface area contributed by atoms with E-state index in [0.29, 0.717) is 0 Å². The smallest absolute Gasteiger partial charge is 0.171 e. The predicted molar refractivity (Wildman–Crippen MR) is 57.7 cm³/mol. The van der Waals surface area contributed by atoms with Crippen molar-refractivity contribution >= 4 is 5.82 Å². The monoisotopic (exact) mass is 270 g/mol. The van der Waals surface area contributed by atoms with Crippen molar-refractivity contribution in [2.24, 2.45) is 0 Å². The van der Waals surface area contributed by atoms with Gasteiger partial charge >= 0.3 is 0 Å². The molecule has 0 bridgehead atoms. The first-order valence-electron chi connectivity index (χ1n) is 4.97. The van der Waals surface area contributed by atoms with Crippen LogP contribution in [0.1, 0.15) is 11.1 Å². The lowest BCUT2D eigenvalue weighted by molar-refractivity contribution is 0.449. The minimum Gasteiger partial charge on any atom is -0.381 e. The third-order valence-electron chi connectivity index (χ3n) is 2.64. The van der Waals surface area contributed by atoms with E-state index in [1.807, 2.05) is 0 Å². The van der Waals surface area contributed by atoms with Gasteiger partial charge in [0, 0.05) is 5.56 Å². The molecule has 0 spiro atoms. The van der Waals surface area contributed by atoms with Gasteiger partial charge in [-0.25, -0.2) is 17.6 Å². The summed E-state index contributed by atoms with van der Waals surface area (Å²) in [6.07, 6.45) is 0. The van der Waals surface area contributed by atoms with Crippen LogP contribution in [0.3, 0.4) is 0 Å². The van der Waals surface area contributed by atoms with Crippen molar-refractivity contribution in [2.45, 2.75) is 6.92 Å². The molecule has 1 aromatic heterocycles. The van der Waals surface area contributed by atoms with Crippen LogP contribution in [0.4, 0.5) is 23.4 Å². The van der Waals surface area contributed by atoms with Gasteiger partial charge in [-0.3, -0.25) is 5.10 Å². The van der Waals surface area contributed by atoms with Crippen LogP contribution in [0, 0.1) is 41.5 Å². The number of halogens is 4. The molecule has 1 aromatic carbocycles. The lowest BCUT2D eigenvalue weighted by Crippen LogP contribution is -2.04. The first-order chi connectivity index (χ1) is 8.90. The minimum absolute atomic E-state index is 0.322. The first-order valence-corrected chi connectivity index (χ1v) is 4.97. The molecule has 98 valence electrons. The SMILES string of the molecule is Cc1c(F)c(F)c(-c2[nH]nc(N)c2C#N)c(F)c1F. The largest absolute Gasteiger partial charge is 0.381 e. The van der Waals surface area contributed by atoms with Crippen LogP contribution in [-0.2, 0) is 0 Å². The van der Waals surface area contributed by atoms with Crippen LogP contribution in [0.15, 0.2) is 0 Å². The third kappa shape index (κ3) is 1.71. The number of nitrogens with one attached hydrogen (secondary N) is 1. The molecule has 0 aliphatic rings. The Morgan fingerprint density at radius 1 is 1.11 bits per heavy atom. The summed E-state index contributed by atoms with van der Waals surface area (Å²) in [6, 6.07) is 1.55. The van der Waals surface area contributed by atoms with Crippen molar-refractivity contribution in [2.75, 3.05) is 5.73 Å². The fourth-order valence-electron chi connectivity index (χ4n) is 1.61. The maximum absolute atomic E-state index is 13.7. The number of aromatic amines is 1. The molecule has 0 aliphatic heterocycles. The normalized spacial score (nSPS) is 10.5. The second-order valence-corrected chi connectivity index (χ2v) is 3.73. The lowest BCUT2D eigenvalue weighted by atomic mass is 10.0. The summed E-state index contributed by atoms with van der Waals surface area (Å²) in [4.78, 5) is 0. The molecular formula is C11H6F4N4. The number of aromatic nitrogens is 2. The first kappa shape index (κ1) is 12.9. The number of nitriles is 1. The Balaban J connectivity index is 2.88. The van der Waals surface area contributed by atoms with Crippen molar-refractivity contribution in [1.82, 2.24) is 10.2 Å². The zero-order valence-corrected chi connectivity index (χ0v) is 9.48. The fourth-order valence-corrected chi connectivity index (χ4v) is 1.61. The van der Waals surface area contributed by atoms with Gasteiger partial charge in [0.1, 0.15) is 11.6 Å². The third-order valence-corrected chi connectivity index (χ3v) is 2.64. The van der Waals surface area contributed by atoms with Crippen molar-refractivity contribution in [3.63, 3.8) is 0 Å². The number of anilines is 1. The van der Waals surface area contributed by atoms with Gasteiger partial charge in [-0.15, -0.1) is 0 Å². The summed E-state index contributed by atoms with van der Waals surface area (Å²) in [6.45, 7) is 0.896. The number of nitrogen functional groups attached to an aromatic ring is 1. The molecule has 4 nitrogen and oxygen atoms in total. The Labute approximate surface area is 104 Å². The highest BCUT2D eigenvalue weighted by Gasteiger charge is 2.27. The number of hydrogen-bond donors (Lipinski definition) is 2. The van der Waals surface area contributed by atoms with E-state index in [0.717, 1.165) is 6.92 Å². The van der Waals surface area contributed by atoms with Crippen molar-refractivity contribution in [1.29, 1.82) is 5.26 Å². The van der Waals surface area contributed by atoms with Gasteiger partial charge in [0.2, 0.25) is 0 Å². The molecule has 2 rings (SSSR count).